The molecule has 4 rings (SSSR count). The lowest BCUT2D eigenvalue weighted by atomic mass is 10.1. The quantitative estimate of drug-likeness (QED) is 0.116. The number of hydrogen-bond donors (Lipinski definition) is 3. The molecule has 46 heavy (non-hydrogen) atoms. The number of nitrogen functional groups attached to an aromatic ring is 1. The van der Waals surface area contributed by atoms with Gasteiger partial charge in [0.15, 0.2) is 11.5 Å². The number of ether oxygens (including phenoxy) is 2. The molecular formula is C33H43N7O6. The Morgan fingerprint density at radius 3 is 2.48 bits per heavy atom. The second kappa shape index (κ2) is 16.5. The Hall–Kier alpha value is -4.75. The molecule has 13 nitrogen and oxygen atoms in total. The second-order valence-electron chi connectivity index (χ2n) is 11.2. The summed E-state index contributed by atoms with van der Waals surface area (Å²) in [6, 6.07) is 16.9. The number of carbonyl (C=O) groups is 2. The first-order valence-corrected chi connectivity index (χ1v) is 15.4. The van der Waals surface area contributed by atoms with Gasteiger partial charge in [0.25, 0.3) is 0 Å². The van der Waals surface area contributed by atoms with Crippen LogP contribution in [0.3, 0.4) is 0 Å². The molecule has 1 unspecified atom stereocenters. The molecule has 2 heterocycles. The van der Waals surface area contributed by atoms with E-state index < -0.39 is 6.10 Å². The van der Waals surface area contributed by atoms with E-state index in [2.05, 4.69) is 15.0 Å². The number of benzene rings is 2. The van der Waals surface area contributed by atoms with Crippen LogP contribution in [0.15, 0.2) is 59.4 Å². The van der Waals surface area contributed by atoms with E-state index in [0.717, 1.165) is 29.5 Å². The molecule has 0 radical (unpaired) electrons. The zero-order valence-corrected chi connectivity index (χ0v) is 26.6. The molecule has 0 aliphatic carbocycles. The highest BCUT2D eigenvalue weighted by Crippen LogP contribution is 2.19. The van der Waals surface area contributed by atoms with Crippen LogP contribution in [0.1, 0.15) is 49.0 Å². The van der Waals surface area contributed by atoms with Crippen LogP contribution in [-0.2, 0) is 33.8 Å². The van der Waals surface area contributed by atoms with E-state index in [1.54, 1.807) is 16.8 Å². The first kappa shape index (κ1) is 34.1. The van der Waals surface area contributed by atoms with Gasteiger partial charge in [-0.1, -0.05) is 67.9 Å². The van der Waals surface area contributed by atoms with Crippen molar-refractivity contribution in [3.63, 3.8) is 0 Å². The van der Waals surface area contributed by atoms with E-state index in [1.807, 2.05) is 61.5 Å². The van der Waals surface area contributed by atoms with Crippen molar-refractivity contribution in [2.75, 3.05) is 46.1 Å². The number of aromatic amines is 1. The highest BCUT2D eigenvalue weighted by molar-refractivity contribution is 5.82. The van der Waals surface area contributed by atoms with Gasteiger partial charge in [0, 0.05) is 26.2 Å². The number of nitrogens with two attached hydrogens (primary N) is 1. The summed E-state index contributed by atoms with van der Waals surface area (Å²) in [5.41, 5.74) is 8.86. The predicted molar refractivity (Wildman–Crippen MR) is 174 cm³/mol. The van der Waals surface area contributed by atoms with Gasteiger partial charge in [-0.05, 0) is 36.6 Å². The van der Waals surface area contributed by atoms with Gasteiger partial charge >= 0.3 is 17.7 Å². The van der Waals surface area contributed by atoms with Crippen LogP contribution >= 0.6 is 0 Å². The van der Waals surface area contributed by atoms with Gasteiger partial charge in [-0.25, -0.2) is 4.79 Å². The molecule has 1 atom stereocenters. The van der Waals surface area contributed by atoms with Crippen LogP contribution in [0.25, 0.3) is 11.2 Å². The number of aliphatic hydroxyl groups is 1. The Balaban J connectivity index is 1.47. The Morgan fingerprint density at radius 2 is 1.78 bits per heavy atom. The van der Waals surface area contributed by atoms with Gasteiger partial charge < -0.3 is 30.2 Å². The van der Waals surface area contributed by atoms with E-state index in [4.69, 9.17) is 15.2 Å². The van der Waals surface area contributed by atoms with Crippen molar-refractivity contribution in [3.05, 3.63) is 81.8 Å². The maximum atomic E-state index is 13.6. The van der Waals surface area contributed by atoms with Crippen molar-refractivity contribution < 1.29 is 24.2 Å². The van der Waals surface area contributed by atoms with Crippen molar-refractivity contribution in [3.8, 4) is 6.01 Å². The molecule has 246 valence electrons. The van der Waals surface area contributed by atoms with Crippen molar-refractivity contribution in [1.82, 2.24) is 29.3 Å². The molecule has 0 aliphatic heterocycles. The maximum absolute atomic E-state index is 13.6. The number of nitrogens with zero attached hydrogens (tertiary/aromatic N) is 5. The summed E-state index contributed by atoms with van der Waals surface area (Å²) in [5, 5.41) is 10.7. The third-order valence-electron chi connectivity index (χ3n) is 7.57. The minimum absolute atomic E-state index is 0.0829. The summed E-state index contributed by atoms with van der Waals surface area (Å²) in [4.78, 5) is 53.0. The summed E-state index contributed by atoms with van der Waals surface area (Å²) in [7, 11) is 3.14. The number of amides is 1. The maximum Gasteiger partial charge on any atom is 0.327 e. The van der Waals surface area contributed by atoms with Crippen LogP contribution in [0.4, 0.5) is 5.82 Å². The van der Waals surface area contributed by atoms with Crippen LogP contribution in [0.2, 0.25) is 0 Å². The number of H-pyrrole nitrogens is 1. The number of aliphatic hydroxyl groups excluding tert-OH is 1. The minimum Gasteiger partial charge on any atom is -0.469 e. The molecule has 0 aliphatic rings. The average molecular weight is 634 g/mol. The SMILES string of the molecule is CCCCOc1nc(N)c2[nH]c(=O)n(CCCN(Cc3ccc(CC(=O)OC)cc3)C(=O)CN(C)CC(O)c3ccccc3)c2n1. The molecular weight excluding hydrogens is 590 g/mol. The largest absolute Gasteiger partial charge is 0.469 e. The van der Waals surface area contributed by atoms with E-state index >= 15 is 0 Å². The van der Waals surface area contributed by atoms with Gasteiger partial charge in [0.05, 0.1) is 32.8 Å². The Morgan fingerprint density at radius 1 is 1.07 bits per heavy atom. The lowest BCUT2D eigenvalue weighted by molar-refractivity contribution is -0.139. The molecule has 4 N–H and O–H groups in total. The molecule has 4 aromatic rings. The number of fused-ring (bicyclic) bond motifs is 1. The summed E-state index contributed by atoms with van der Waals surface area (Å²) in [5.74, 6) is -0.337. The van der Waals surface area contributed by atoms with Gasteiger partial charge in [-0.15, -0.1) is 0 Å². The summed E-state index contributed by atoms with van der Waals surface area (Å²) in [6.07, 6.45) is 1.65. The highest BCUT2D eigenvalue weighted by Gasteiger charge is 2.20. The summed E-state index contributed by atoms with van der Waals surface area (Å²) in [6.45, 7) is 3.78. The molecule has 2 aromatic heterocycles. The number of unbranched alkanes of at least 4 members (excludes halogenated alkanes) is 1. The number of aryl methyl sites for hydroxylation is 1. The number of likely N-dealkylation sites (N-methyl/N-ethyl adjacent to an activating group) is 1. The molecule has 0 spiro atoms. The number of rotatable bonds is 17. The zero-order valence-electron chi connectivity index (χ0n) is 26.6. The smallest absolute Gasteiger partial charge is 0.327 e. The van der Waals surface area contributed by atoms with Crippen LogP contribution in [-0.4, -0.2) is 86.7 Å². The predicted octanol–water partition coefficient (Wildman–Crippen LogP) is 2.68. The third-order valence-corrected chi connectivity index (χ3v) is 7.57. The van der Waals surface area contributed by atoms with Crippen LogP contribution in [0, 0.1) is 0 Å². The molecule has 13 heteroatoms. The van der Waals surface area contributed by atoms with Crippen molar-refractivity contribution in [2.45, 2.75) is 51.8 Å². The first-order chi connectivity index (χ1) is 22.2. The van der Waals surface area contributed by atoms with Crippen molar-refractivity contribution in [2.24, 2.45) is 0 Å². The third kappa shape index (κ3) is 9.38. The first-order valence-electron chi connectivity index (χ1n) is 15.4. The van der Waals surface area contributed by atoms with Crippen molar-refractivity contribution in [1.29, 1.82) is 0 Å². The molecule has 0 saturated heterocycles. The van der Waals surface area contributed by atoms with Crippen LogP contribution < -0.4 is 16.2 Å². The van der Waals surface area contributed by atoms with E-state index in [0.29, 0.717) is 37.3 Å². The molecule has 0 fully saturated rings. The fourth-order valence-corrected chi connectivity index (χ4v) is 5.02. The van der Waals surface area contributed by atoms with Crippen LogP contribution in [0.5, 0.6) is 6.01 Å². The highest BCUT2D eigenvalue weighted by atomic mass is 16.5. The van der Waals surface area contributed by atoms with Gasteiger partial charge in [-0.2, -0.15) is 9.97 Å². The number of hydrogen-bond acceptors (Lipinski definition) is 10. The molecule has 0 saturated carbocycles. The number of methoxy groups -OCH3 is 1. The second-order valence-corrected chi connectivity index (χ2v) is 11.2. The lowest BCUT2D eigenvalue weighted by Crippen LogP contribution is -2.40. The number of anilines is 1. The topological polar surface area (TPSA) is 169 Å². The average Bonchev–Trinajstić information content (AvgIpc) is 3.36. The summed E-state index contributed by atoms with van der Waals surface area (Å²) >= 11 is 0. The monoisotopic (exact) mass is 633 g/mol. The molecule has 0 bridgehead atoms. The number of imidazole rings is 1. The lowest BCUT2D eigenvalue weighted by Gasteiger charge is -2.27. The van der Waals surface area contributed by atoms with Crippen molar-refractivity contribution >= 4 is 28.9 Å². The molecule has 1 amide bonds. The van der Waals surface area contributed by atoms with E-state index in [1.165, 1.54) is 11.7 Å². The fourth-order valence-electron chi connectivity index (χ4n) is 5.02. The standard InChI is InChI=1S/C33H43N7O6/c1-4-5-18-46-32-36-30(34)29-31(37-32)40(33(44)35-29)17-9-16-39(20-24-14-12-23(13-15-24)19-28(43)45-3)27(42)22-38(2)21-26(41)25-10-7-6-8-11-25/h6-8,10-15,26,41H,4-5,9,16-22H2,1-3H3,(H,35,44)(H2,34,36,37). The minimum atomic E-state index is -0.742. The van der Waals surface area contributed by atoms with E-state index in [-0.39, 0.29) is 55.4 Å². The number of aromatic nitrogens is 4. The number of esters is 1. The van der Waals surface area contributed by atoms with Gasteiger partial charge in [-0.3, -0.25) is 19.1 Å². The number of carbonyl (C=O) groups excluding carboxylic acids is 2. The Kier molecular flexibility index (Phi) is 12.3. The number of nitrogens with one attached hydrogen (secondary N) is 1. The normalized spacial score (nSPS) is 11.9. The van der Waals surface area contributed by atoms with E-state index in [9.17, 15) is 19.5 Å². The van der Waals surface area contributed by atoms with Gasteiger partial charge in [0.1, 0.15) is 5.52 Å². The Bertz CT molecular complexity index is 1640. The summed E-state index contributed by atoms with van der Waals surface area (Å²) < 4.78 is 11.9. The molecule has 2 aromatic carbocycles. The van der Waals surface area contributed by atoms with Gasteiger partial charge in [0.2, 0.25) is 5.91 Å². The zero-order chi connectivity index (χ0) is 33.1. The fraction of sp³-hybridized carbons (Fsp3) is 0.424. The Labute approximate surface area is 268 Å².